The zero-order chi connectivity index (χ0) is 21.5. The van der Waals surface area contributed by atoms with Gasteiger partial charge in [-0.1, -0.05) is 29.3 Å². The second-order valence-electron chi connectivity index (χ2n) is 7.69. The molecule has 30 heavy (non-hydrogen) atoms. The van der Waals surface area contributed by atoms with Crippen molar-refractivity contribution in [1.29, 1.82) is 0 Å². The van der Waals surface area contributed by atoms with Gasteiger partial charge in [0.05, 0.1) is 26.3 Å². The first-order valence-corrected chi connectivity index (χ1v) is 11.0. The number of benzene rings is 1. The molecule has 1 aliphatic rings. The largest absolute Gasteiger partial charge is 0.379 e. The lowest BCUT2D eigenvalue weighted by atomic mass is 10.2. The molecule has 2 aromatic rings. The van der Waals surface area contributed by atoms with Gasteiger partial charge in [0, 0.05) is 54.7 Å². The van der Waals surface area contributed by atoms with Crippen LogP contribution in [0.25, 0.3) is 0 Å². The van der Waals surface area contributed by atoms with E-state index in [1.807, 2.05) is 41.6 Å². The second-order valence-corrected chi connectivity index (χ2v) is 8.53. The molecular weight excluding hydrogens is 425 g/mol. The summed E-state index contributed by atoms with van der Waals surface area (Å²) in [7, 11) is 0. The summed E-state index contributed by atoms with van der Waals surface area (Å²) in [6, 6.07) is 5.45. The number of morpholine rings is 1. The molecule has 9 heteroatoms. The highest BCUT2D eigenvalue weighted by atomic mass is 35.5. The van der Waals surface area contributed by atoms with E-state index in [2.05, 4.69) is 15.2 Å². The summed E-state index contributed by atoms with van der Waals surface area (Å²) >= 11 is 12.3. The van der Waals surface area contributed by atoms with E-state index in [1.54, 1.807) is 12.3 Å². The fraction of sp³-hybridized carbons (Fsp3) is 0.524. The zero-order valence-corrected chi connectivity index (χ0v) is 19.0. The summed E-state index contributed by atoms with van der Waals surface area (Å²) in [5.41, 5.74) is 0.951. The lowest BCUT2D eigenvalue weighted by Crippen LogP contribution is -2.47. The average Bonchev–Trinajstić information content (AvgIpc) is 3.14. The van der Waals surface area contributed by atoms with Crippen LogP contribution >= 0.6 is 23.2 Å². The van der Waals surface area contributed by atoms with E-state index in [9.17, 15) is 4.79 Å². The first-order chi connectivity index (χ1) is 14.4. The van der Waals surface area contributed by atoms with Crippen LogP contribution in [-0.2, 0) is 17.8 Å². The predicted octanol–water partition coefficient (Wildman–Crippen LogP) is 3.49. The maximum Gasteiger partial charge on any atom is 0.318 e. The molecule has 2 heterocycles. The summed E-state index contributed by atoms with van der Waals surface area (Å²) in [5, 5.41) is 4.22. The first kappa shape index (κ1) is 22.9. The molecule has 1 aromatic carbocycles. The highest BCUT2D eigenvalue weighted by molar-refractivity contribution is 6.35. The molecule has 0 aliphatic carbocycles. The molecule has 1 aromatic heterocycles. The van der Waals surface area contributed by atoms with Crippen molar-refractivity contribution >= 4 is 29.2 Å². The lowest BCUT2D eigenvalue weighted by Gasteiger charge is -2.30. The van der Waals surface area contributed by atoms with E-state index in [4.69, 9.17) is 27.9 Å². The van der Waals surface area contributed by atoms with E-state index in [-0.39, 0.29) is 12.1 Å². The van der Waals surface area contributed by atoms with Gasteiger partial charge in [-0.25, -0.2) is 9.78 Å². The van der Waals surface area contributed by atoms with Crippen LogP contribution in [0.2, 0.25) is 10.0 Å². The fourth-order valence-corrected chi connectivity index (χ4v) is 3.79. The minimum absolute atomic E-state index is 0.0657. The average molecular weight is 454 g/mol. The number of carbonyl (C=O) groups is 1. The van der Waals surface area contributed by atoms with Crippen LogP contribution < -0.4 is 5.32 Å². The minimum Gasteiger partial charge on any atom is -0.379 e. The number of ether oxygens (including phenoxy) is 1. The third kappa shape index (κ3) is 6.60. The number of urea groups is 1. The molecule has 0 bridgehead atoms. The first-order valence-electron chi connectivity index (χ1n) is 10.2. The zero-order valence-electron chi connectivity index (χ0n) is 17.5. The number of hydrogen-bond donors (Lipinski definition) is 1. The molecule has 7 nitrogen and oxygen atoms in total. The second kappa shape index (κ2) is 11.0. The number of imidazole rings is 1. The van der Waals surface area contributed by atoms with E-state index < -0.39 is 0 Å². The van der Waals surface area contributed by atoms with Crippen LogP contribution in [0.1, 0.15) is 25.2 Å². The van der Waals surface area contributed by atoms with Crippen molar-refractivity contribution in [2.45, 2.75) is 33.0 Å². The van der Waals surface area contributed by atoms with Gasteiger partial charge in [-0.2, -0.15) is 0 Å². The number of aromatic nitrogens is 2. The third-order valence-corrected chi connectivity index (χ3v) is 5.57. The van der Waals surface area contributed by atoms with Crippen LogP contribution in [0.5, 0.6) is 0 Å². The normalized spacial score (nSPS) is 14.8. The fourth-order valence-electron chi connectivity index (χ4n) is 3.32. The SMILES string of the molecule is CC(C)NC(=O)N(CCN1CCOCC1)Cc1nccn1Cc1ccc(Cl)cc1Cl. The number of nitrogens with zero attached hydrogens (tertiary/aromatic N) is 4. The Morgan fingerprint density at radius 3 is 2.77 bits per heavy atom. The Balaban J connectivity index is 1.70. The quantitative estimate of drug-likeness (QED) is 0.664. The van der Waals surface area contributed by atoms with Crippen molar-refractivity contribution in [2.24, 2.45) is 0 Å². The standard InChI is InChI=1S/C21H29Cl2N5O2/c1-16(2)25-21(29)28(8-7-26-9-11-30-12-10-26)15-20-24-5-6-27(20)14-17-3-4-18(22)13-19(17)23/h3-6,13,16H,7-12,14-15H2,1-2H3,(H,25,29). The van der Waals surface area contributed by atoms with Crippen LogP contribution in [0.15, 0.2) is 30.6 Å². The molecule has 1 saturated heterocycles. The van der Waals surface area contributed by atoms with Crippen LogP contribution in [0, 0.1) is 0 Å². The molecule has 1 N–H and O–H groups in total. The Kier molecular flexibility index (Phi) is 8.39. The van der Waals surface area contributed by atoms with Gasteiger partial charge in [0.2, 0.25) is 0 Å². The Hall–Kier alpha value is -1.80. The number of nitrogens with one attached hydrogen (secondary N) is 1. The molecule has 1 aliphatic heterocycles. The van der Waals surface area contributed by atoms with Crippen molar-refractivity contribution < 1.29 is 9.53 Å². The third-order valence-electron chi connectivity index (χ3n) is 4.98. The molecule has 2 amide bonds. The Morgan fingerprint density at radius 2 is 2.07 bits per heavy atom. The number of rotatable bonds is 8. The van der Waals surface area contributed by atoms with Crippen molar-refractivity contribution in [3.05, 3.63) is 52.0 Å². The predicted molar refractivity (Wildman–Crippen MR) is 119 cm³/mol. The van der Waals surface area contributed by atoms with Crippen LogP contribution in [-0.4, -0.2) is 70.8 Å². The molecule has 0 saturated carbocycles. The van der Waals surface area contributed by atoms with Crippen molar-refractivity contribution in [3.8, 4) is 0 Å². The van der Waals surface area contributed by atoms with Crippen molar-refractivity contribution in [1.82, 2.24) is 24.7 Å². The van der Waals surface area contributed by atoms with Gasteiger partial charge < -0.3 is 19.5 Å². The molecule has 0 spiro atoms. The summed E-state index contributed by atoms with van der Waals surface area (Å²) in [4.78, 5) is 21.4. The van der Waals surface area contributed by atoms with E-state index >= 15 is 0 Å². The summed E-state index contributed by atoms with van der Waals surface area (Å²) in [5.74, 6) is 0.807. The number of carbonyl (C=O) groups excluding carboxylic acids is 1. The smallest absolute Gasteiger partial charge is 0.318 e. The summed E-state index contributed by atoms with van der Waals surface area (Å²) < 4.78 is 7.43. The molecule has 164 valence electrons. The molecule has 0 radical (unpaired) electrons. The molecule has 1 fully saturated rings. The maximum atomic E-state index is 12.8. The summed E-state index contributed by atoms with van der Waals surface area (Å²) in [6.45, 7) is 9.59. The van der Waals surface area contributed by atoms with E-state index in [1.165, 1.54) is 0 Å². The van der Waals surface area contributed by atoms with Gasteiger partial charge >= 0.3 is 6.03 Å². The van der Waals surface area contributed by atoms with Gasteiger partial charge in [0.1, 0.15) is 5.82 Å². The highest BCUT2D eigenvalue weighted by Crippen LogP contribution is 2.22. The van der Waals surface area contributed by atoms with Gasteiger partial charge in [0.25, 0.3) is 0 Å². The Bertz CT molecular complexity index is 837. The van der Waals surface area contributed by atoms with Crippen molar-refractivity contribution in [2.75, 3.05) is 39.4 Å². The van der Waals surface area contributed by atoms with Gasteiger partial charge in [0.15, 0.2) is 0 Å². The Labute approximate surface area is 187 Å². The topological polar surface area (TPSA) is 62.6 Å². The van der Waals surface area contributed by atoms with Crippen LogP contribution in [0.3, 0.4) is 0 Å². The minimum atomic E-state index is -0.0858. The lowest BCUT2D eigenvalue weighted by molar-refractivity contribution is 0.0345. The molecular formula is C21H29Cl2N5O2. The van der Waals surface area contributed by atoms with Gasteiger partial charge in [-0.3, -0.25) is 4.90 Å². The molecule has 0 unspecified atom stereocenters. The summed E-state index contributed by atoms with van der Waals surface area (Å²) in [6.07, 6.45) is 3.65. The molecule has 0 atom stereocenters. The Morgan fingerprint density at radius 1 is 1.30 bits per heavy atom. The highest BCUT2D eigenvalue weighted by Gasteiger charge is 2.20. The van der Waals surface area contributed by atoms with E-state index in [0.29, 0.717) is 29.7 Å². The number of hydrogen-bond acceptors (Lipinski definition) is 4. The molecule has 3 rings (SSSR count). The monoisotopic (exact) mass is 453 g/mol. The van der Waals surface area contributed by atoms with Gasteiger partial charge in [-0.05, 0) is 31.5 Å². The number of halogens is 2. The van der Waals surface area contributed by atoms with Crippen LogP contribution in [0.4, 0.5) is 4.79 Å². The van der Waals surface area contributed by atoms with E-state index in [0.717, 1.165) is 44.2 Å². The van der Waals surface area contributed by atoms with Gasteiger partial charge in [-0.15, -0.1) is 0 Å². The van der Waals surface area contributed by atoms with Crippen molar-refractivity contribution in [3.63, 3.8) is 0 Å². The number of amides is 2. The maximum absolute atomic E-state index is 12.8.